The fourth-order valence-electron chi connectivity index (χ4n) is 2.87. The van der Waals surface area contributed by atoms with E-state index in [4.69, 9.17) is 0 Å². The number of benzene rings is 1. The molecule has 3 unspecified atom stereocenters. The van der Waals surface area contributed by atoms with E-state index in [1.54, 1.807) is 11.3 Å². The van der Waals surface area contributed by atoms with Gasteiger partial charge in [0, 0.05) is 6.04 Å². The van der Waals surface area contributed by atoms with Gasteiger partial charge in [0.1, 0.15) is 0 Å². The highest BCUT2D eigenvalue weighted by Crippen LogP contribution is 2.49. The average molecular weight is 257 g/mol. The summed E-state index contributed by atoms with van der Waals surface area (Å²) in [7, 11) is 2.09. The van der Waals surface area contributed by atoms with Gasteiger partial charge in [-0.15, -0.1) is 0 Å². The van der Waals surface area contributed by atoms with Crippen LogP contribution in [0.4, 0.5) is 0 Å². The van der Waals surface area contributed by atoms with E-state index in [2.05, 4.69) is 59.5 Å². The van der Waals surface area contributed by atoms with E-state index in [9.17, 15) is 0 Å². The molecule has 94 valence electrons. The summed E-state index contributed by atoms with van der Waals surface area (Å²) in [6.45, 7) is 0. The maximum atomic E-state index is 3.51. The third-order valence-electron chi connectivity index (χ3n) is 3.99. The van der Waals surface area contributed by atoms with Crippen LogP contribution in [-0.4, -0.2) is 13.1 Å². The zero-order valence-electron chi connectivity index (χ0n) is 10.7. The lowest BCUT2D eigenvalue weighted by atomic mass is 10.0. The normalized spacial score (nSPS) is 23.8. The Bertz CT molecular complexity index is 477. The van der Waals surface area contributed by atoms with Gasteiger partial charge in [0.2, 0.25) is 0 Å². The molecule has 0 amide bonds. The maximum Gasteiger partial charge on any atom is 0.0139 e. The molecule has 1 aliphatic carbocycles. The van der Waals surface area contributed by atoms with Crippen molar-refractivity contribution in [1.82, 2.24) is 5.32 Å². The van der Waals surface area contributed by atoms with Gasteiger partial charge in [-0.3, -0.25) is 0 Å². The van der Waals surface area contributed by atoms with Gasteiger partial charge in [-0.05, 0) is 59.7 Å². The Kier molecular flexibility index (Phi) is 3.48. The molecule has 0 bridgehead atoms. The molecule has 1 aromatic heterocycles. The summed E-state index contributed by atoms with van der Waals surface area (Å²) in [5, 5.41) is 7.95. The second-order valence-corrected chi connectivity index (χ2v) is 5.93. The predicted octanol–water partition coefficient (Wildman–Crippen LogP) is 3.68. The van der Waals surface area contributed by atoms with Gasteiger partial charge in [-0.25, -0.2) is 0 Å². The first-order valence-electron chi connectivity index (χ1n) is 6.62. The molecule has 1 saturated carbocycles. The first-order valence-corrected chi connectivity index (χ1v) is 7.56. The van der Waals surface area contributed by atoms with Crippen LogP contribution >= 0.6 is 11.3 Å². The molecular weight excluding hydrogens is 238 g/mol. The Labute approximate surface area is 113 Å². The van der Waals surface area contributed by atoms with Crippen molar-refractivity contribution in [3.05, 3.63) is 58.3 Å². The van der Waals surface area contributed by atoms with E-state index in [0.717, 1.165) is 18.3 Å². The first kappa shape index (κ1) is 11.9. The molecule has 2 heteroatoms. The van der Waals surface area contributed by atoms with Crippen molar-refractivity contribution in [2.45, 2.75) is 24.8 Å². The summed E-state index contributed by atoms with van der Waals surface area (Å²) in [5.74, 6) is 1.57. The molecule has 1 nitrogen and oxygen atoms in total. The molecule has 0 radical (unpaired) electrons. The minimum atomic E-state index is 0.616. The minimum absolute atomic E-state index is 0.616. The second-order valence-electron chi connectivity index (χ2n) is 5.15. The largest absolute Gasteiger partial charge is 0.316 e. The number of hydrogen-bond donors (Lipinski definition) is 1. The SMILES string of the molecule is CNC(Cc1ccsc1)C1CC1c1ccccc1. The van der Waals surface area contributed by atoms with Gasteiger partial charge in [0.25, 0.3) is 0 Å². The number of likely N-dealkylation sites (N-methyl/N-ethyl adjacent to an activating group) is 1. The zero-order valence-corrected chi connectivity index (χ0v) is 11.5. The van der Waals surface area contributed by atoms with Crippen LogP contribution in [0.15, 0.2) is 47.2 Å². The van der Waals surface area contributed by atoms with Crippen LogP contribution in [0.3, 0.4) is 0 Å². The van der Waals surface area contributed by atoms with Gasteiger partial charge in [0.05, 0.1) is 0 Å². The summed E-state index contributed by atoms with van der Waals surface area (Å²) >= 11 is 1.79. The highest BCUT2D eigenvalue weighted by atomic mass is 32.1. The molecule has 1 aliphatic rings. The number of thiophene rings is 1. The standard InChI is InChI=1S/C16H19NS/c1-17-16(9-12-7-8-18-11-12)15-10-14(15)13-5-3-2-4-6-13/h2-8,11,14-17H,9-10H2,1H3. The molecule has 0 spiro atoms. The Morgan fingerprint density at radius 3 is 2.78 bits per heavy atom. The minimum Gasteiger partial charge on any atom is -0.316 e. The van der Waals surface area contributed by atoms with Crippen LogP contribution < -0.4 is 5.32 Å². The maximum absolute atomic E-state index is 3.51. The Hall–Kier alpha value is -1.12. The van der Waals surface area contributed by atoms with Crippen LogP contribution in [0.5, 0.6) is 0 Å². The van der Waals surface area contributed by atoms with Gasteiger partial charge in [-0.2, -0.15) is 11.3 Å². The summed E-state index contributed by atoms with van der Waals surface area (Å²) in [6, 6.07) is 13.8. The lowest BCUT2D eigenvalue weighted by Crippen LogP contribution is -2.30. The van der Waals surface area contributed by atoms with Gasteiger partial charge in [0.15, 0.2) is 0 Å². The third-order valence-corrected chi connectivity index (χ3v) is 4.72. The third kappa shape index (κ3) is 2.50. The quantitative estimate of drug-likeness (QED) is 0.861. The highest BCUT2D eigenvalue weighted by molar-refractivity contribution is 7.07. The fraction of sp³-hybridized carbons (Fsp3) is 0.375. The molecule has 1 heterocycles. The van der Waals surface area contributed by atoms with Crippen molar-refractivity contribution < 1.29 is 0 Å². The Balaban J connectivity index is 1.65. The summed E-state index contributed by atoms with van der Waals surface area (Å²) < 4.78 is 0. The van der Waals surface area contributed by atoms with Crippen LogP contribution in [0, 0.1) is 5.92 Å². The topological polar surface area (TPSA) is 12.0 Å². The summed E-state index contributed by atoms with van der Waals surface area (Å²) in [6.07, 6.45) is 2.49. The Morgan fingerprint density at radius 2 is 2.11 bits per heavy atom. The molecule has 1 N–H and O–H groups in total. The lowest BCUT2D eigenvalue weighted by molar-refractivity contribution is 0.491. The molecule has 3 rings (SSSR count). The van der Waals surface area contributed by atoms with Crippen LogP contribution in [-0.2, 0) is 6.42 Å². The van der Waals surface area contributed by atoms with Gasteiger partial charge >= 0.3 is 0 Å². The zero-order chi connectivity index (χ0) is 12.4. The van der Waals surface area contributed by atoms with E-state index in [1.807, 2.05) is 0 Å². The van der Waals surface area contributed by atoms with Crippen LogP contribution in [0.1, 0.15) is 23.5 Å². The number of hydrogen-bond acceptors (Lipinski definition) is 2. The smallest absolute Gasteiger partial charge is 0.0139 e. The molecule has 0 aliphatic heterocycles. The van der Waals surface area contributed by atoms with E-state index in [0.29, 0.717) is 6.04 Å². The molecule has 18 heavy (non-hydrogen) atoms. The molecule has 1 fully saturated rings. The lowest BCUT2D eigenvalue weighted by Gasteiger charge is -2.15. The van der Waals surface area contributed by atoms with Crippen LogP contribution in [0.2, 0.25) is 0 Å². The van der Waals surface area contributed by atoms with Crippen molar-refractivity contribution in [1.29, 1.82) is 0 Å². The van der Waals surface area contributed by atoms with E-state index >= 15 is 0 Å². The Morgan fingerprint density at radius 1 is 1.28 bits per heavy atom. The summed E-state index contributed by atoms with van der Waals surface area (Å²) in [4.78, 5) is 0. The van der Waals surface area contributed by atoms with E-state index < -0.39 is 0 Å². The number of rotatable bonds is 5. The highest BCUT2D eigenvalue weighted by Gasteiger charge is 2.42. The molecular formula is C16H19NS. The average Bonchev–Trinajstić information content (AvgIpc) is 3.05. The van der Waals surface area contributed by atoms with Gasteiger partial charge in [-0.1, -0.05) is 30.3 Å². The fourth-order valence-corrected chi connectivity index (χ4v) is 3.55. The number of nitrogens with one attached hydrogen (secondary N) is 1. The summed E-state index contributed by atoms with van der Waals surface area (Å²) in [5.41, 5.74) is 2.98. The molecule has 2 aromatic rings. The van der Waals surface area contributed by atoms with Crippen molar-refractivity contribution in [3.63, 3.8) is 0 Å². The molecule has 0 saturated heterocycles. The van der Waals surface area contributed by atoms with Crippen molar-refractivity contribution in [3.8, 4) is 0 Å². The van der Waals surface area contributed by atoms with E-state index in [-0.39, 0.29) is 0 Å². The predicted molar refractivity (Wildman–Crippen MR) is 78.2 cm³/mol. The van der Waals surface area contributed by atoms with Crippen molar-refractivity contribution in [2.75, 3.05) is 7.05 Å². The molecule has 1 aromatic carbocycles. The monoisotopic (exact) mass is 257 g/mol. The first-order chi connectivity index (χ1) is 8.88. The van der Waals surface area contributed by atoms with E-state index in [1.165, 1.54) is 17.5 Å². The van der Waals surface area contributed by atoms with Gasteiger partial charge < -0.3 is 5.32 Å². The van der Waals surface area contributed by atoms with Crippen molar-refractivity contribution in [2.24, 2.45) is 5.92 Å². The second kappa shape index (κ2) is 5.25. The molecule has 3 atom stereocenters. The van der Waals surface area contributed by atoms with Crippen LogP contribution in [0.25, 0.3) is 0 Å². The van der Waals surface area contributed by atoms with Crippen molar-refractivity contribution >= 4 is 11.3 Å².